The third kappa shape index (κ3) is 2.16. The molecule has 2 aromatic carbocycles. The van der Waals surface area contributed by atoms with Gasteiger partial charge in [-0.05, 0) is 35.4 Å². The van der Waals surface area contributed by atoms with Gasteiger partial charge in [0.15, 0.2) is 5.25 Å². The Kier molecular flexibility index (Phi) is 3.40. The molecule has 2 unspecified atom stereocenters. The molecule has 1 aliphatic rings. The summed E-state index contributed by atoms with van der Waals surface area (Å²) in [5.74, 6) is -0.430. The van der Waals surface area contributed by atoms with Crippen LogP contribution in [-0.2, 0) is 20.3 Å². The van der Waals surface area contributed by atoms with Crippen LogP contribution in [0.1, 0.15) is 12.5 Å². The number of hydrogen-bond acceptors (Lipinski definition) is 3. The molecular weight excluding hydrogens is 272 g/mol. The van der Waals surface area contributed by atoms with Gasteiger partial charge in [0, 0.05) is 4.90 Å². The number of rotatable bonds is 2. The van der Waals surface area contributed by atoms with Gasteiger partial charge < -0.3 is 4.74 Å². The van der Waals surface area contributed by atoms with Crippen molar-refractivity contribution in [3.05, 3.63) is 48.0 Å². The van der Waals surface area contributed by atoms with Gasteiger partial charge in [0.25, 0.3) is 0 Å². The highest BCUT2D eigenvalue weighted by molar-refractivity contribution is 7.86. The molecule has 0 saturated carbocycles. The van der Waals surface area contributed by atoms with Crippen molar-refractivity contribution >= 4 is 33.6 Å². The Morgan fingerprint density at radius 1 is 1.25 bits per heavy atom. The fraction of sp³-hybridized carbons (Fsp3) is 0.188. The molecule has 3 nitrogen and oxygen atoms in total. The first-order valence-electron chi connectivity index (χ1n) is 6.49. The molecule has 0 saturated heterocycles. The van der Waals surface area contributed by atoms with Crippen molar-refractivity contribution in [1.29, 1.82) is 0 Å². The molecule has 20 heavy (non-hydrogen) atoms. The summed E-state index contributed by atoms with van der Waals surface area (Å²) < 4.78 is 17.5. The Hall–Kier alpha value is -1.94. The van der Waals surface area contributed by atoms with Crippen LogP contribution in [0.2, 0.25) is 0 Å². The highest BCUT2D eigenvalue weighted by Crippen LogP contribution is 2.29. The zero-order chi connectivity index (χ0) is 14.1. The monoisotopic (exact) mass is 286 g/mol. The van der Waals surface area contributed by atoms with E-state index in [1.54, 1.807) is 13.0 Å². The minimum absolute atomic E-state index is 0.297. The maximum atomic E-state index is 12.5. The second-order valence-electron chi connectivity index (χ2n) is 4.57. The zero-order valence-electron chi connectivity index (χ0n) is 11.0. The second kappa shape index (κ2) is 5.21. The van der Waals surface area contributed by atoms with Gasteiger partial charge in [-0.3, -0.25) is 9.00 Å². The van der Waals surface area contributed by atoms with Gasteiger partial charge in [0.1, 0.15) is 0 Å². The molecule has 0 N–H and O–H groups in total. The summed E-state index contributed by atoms with van der Waals surface area (Å²) in [5, 5.41) is 1.42. The van der Waals surface area contributed by atoms with E-state index in [1.807, 2.05) is 42.5 Å². The summed E-state index contributed by atoms with van der Waals surface area (Å²) in [7, 11) is -1.40. The molecule has 0 radical (unpaired) electrons. The highest BCUT2D eigenvalue weighted by Gasteiger charge is 2.29. The molecule has 102 valence electrons. The molecular formula is C16H14O3S. The predicted octanol–water partition coefficient (Wildman–Crippen LogP) is 2.91. The van der Waals surface area contributed by atoms with Crippen molar-refractivity contribution in [2.24, 2.45) is 0 Å². The van der Waals surface area contributed by atoms with E-state index in [0.29, 0.717) is 11.5 Å². The van der Waals surface area contributed by atoms with Crippen LogP contribution in [0.15, 0.2) is 47.4 Å². The van der Waals surface area contributed by atoms with Crippen LogP contribution in [0.5, 0.6) is 0 Å². The molecule has 0 fully saturated rings. The van der Waals surface area contributed by atoms with Crippen LogP contribution >= 0.6 is 0 Å². The van der Waals surface area contributed by atoms with Crippen molar-refractivity contribution in [2.75, 3.05) is 6.61 Å². The molecule has 0 aliphatic carbocycles. The molecule has 1 aliphatic heterocycles. The molecule has 0 amide bonds. The normalized spacial score (nSPS) is 20.6. The van der Waals surface area contributed by atoms with Crippen LogP contribution in [0.3, 0.4) is 0 Å². The lowest BCUT2D eigenvalue weighted by atomic mass is 10.1. The minimum atomic E-state index is -1.40. The van der Waals surface area contributed by atoms with Gasteiger partial charge in [-0.2, -0.15) is 0 Å². The fourth-order valence-corrected chi connectivity index (χ4v) is 3.67. The lowest BCUT2D eigenvalue weighted by Gasteiger charge is -2.18. The fourth-order valence-electron chi connectivity index (χ4n) is 2.33. The van der Waals surface area contributed by atoms with Crippen LogP contribution in [0.25, 0.3) is 16.8 Å². The summed E-state index contributed by atoms with van der Waals surface area (Å²) in [6, 6.07) is 11.8. The number of esters is 1. The summed E-state index contributed by atoms with van der Waals surface area (Å²) >= 11 is 0. The zero-order valence-corrected chi connectivity index (χ0v) is 11.9. The van der Waals surface area contributed by atoms with Crippen LogP contribution in [0.4, 0.5) is 0 Å². The van der Waals surface area contributed by atoms with Crippen LogP contribution in [0, 0.1) is 0 Å². The van der Waals surface area contributed by atoms with Crippen molar-refractivity contribution < 1.29 is 13.7 Å². The van der Waals surface area contributed by atoms with Crippen LogP contribution < -0.4 is 0 Å². The number of carbonyl (C=O) groups excluding carboxylic acids is 1. The van der Waals surface area contributed by atoms with Gasteiger partial charge in [-0.15, -0.1) is 0 Å². The molecule has 2 aromatic rings. The third-order valence-electron chi connectivity index (χ3n) is 3.29. The molecule has 1 heterocycles. The average molecular weight is 286 g/mol. The van der Waals surface area contributed by atoms with E-state index in [4.69, 9.17) is 4.74 Å². The second-order valence-corrected chi connectivity index (χ2v) is 6.11. The smallest absolute Gasteiger partial charge is 0.326 e. The number of carbonyl (C=O) groups is 1. The Morgan fingerprint density at radius 3 is 2.65 bits per heavy atom. The molecule has 0 spiro atoms. The number of fused-ring (bicyclic) bond motifs is 2. The van der Waals surface area contributed by atoms with Crippen LogP contribution in [-0.4, -0.2) is 22.0 Å². The first-order valence-corrected chi connectivity index (χ1v) is 7.70. The van der Waals surface area contributed by atoms with Crippen molar-refractivity contribution in [3.8, 4) is 0 Å². The molecule has 2 atom stereocenters. The van der Waals surface area contributed by atoms with Gasteiger partial charge >= 0.3 is 5.97 Å². The van der Waals surface area contributed by atoms with Crippen molar-refractivity contribution in [3.63, 3.8) is 0 Å². The largest absolute Gasteiger partial charge is 0.465 e. The first kappa shape index (κ1) is 13.1. The van der Waals surface area contributed by atoms with E-state index in [-0.39, 0.29) is 0 Å². The van der Waals surface area contributed by atoms with Gasteiger partial charge in [-0.1, -0.05) is 36.4 Å². The van der Waals surface area contributed by atoms with Gasteiger partial charge in [-0.25, -0.2) is 0 Å². The number of ether oxygens (including phenoxy) is 1. The third-order valence-corrected chi connectivity index (χ3v) is 4.89. The Labute approximate surface area is 119 Å². The quantitative estimate of drug-likeness (QED) is 0.797. The number of hydrogen-bond donors (Lipinski definition) is 0. The summed E-state index contributed by atoms with van der Waals surface area (Å²) in [6.07, 6.45) is 3.52. The SMILES string of the molecule is CCOC(=O)C1C=Cc2cc3ccccc3cc2S1=O. The molecule has 0 aromatic heterocycles. The standard InChI is InChI=1S/C16H14O3S/c1-2-19-16(17)14-8-7-13-9-11-5-3-4-6-12(11)10-15(13)20(14)18/h3-10,14H,2H2,1H3. The van der Waals surface area contributed by atoms with Crippen molar-refractivity contribution in [2.45, 2.75) is 17.1 Å². The van der Waals surface area contributed by atoms with Crippen molar-refractivity contribution in [1.82, 2.24) is 0 Å². The molecule has 3 rings (SSSR count). The maximum Gasteiger partial charge on any atom is 0.326 e. The highest BCUT2D eigenvalue weighted by atomic mass is 32.2. The van der Waals surface area contributed by atoms with E-state index in [1.165, 1.54) is 0 Å². The Morgan fingerprint density at radius 2 is 1.95 bits per heavy atom. The van der Waals surface area contributed by atoms with E-state index < -0.39 is 22.0 Å². The predicted molar refractivity (Wildman–Crippen MR) is 79.8 cm³/mol. The van der Waals surface area contributed by atoms with E-state index in [2.05, 4.69) is 0 Å². The lowest BCUT2D eigenvalue weighted by molar-refractivity contribution is -0.141. The maximum absolute atomic E-state index is 12.5. The first-order chi connectivity index (χ1) is 9.70. The van der Waals surface area contributed by atoms with E-state index in [0.717, 1.165) is 16.3 Å². The summed E-state index contributed by atoms with van der Waals surface area (Å²) in [6.45, 7) is 2.04. The topological polar surface area (TPSA) is 43.4 Å². The van der Waals surface area contributed by atoms with E-state index in [9.17, 15) is 9.00 Å². The summed E-state index contributed by atoms with van der Waals surface area (Å²) in [5.41, 5.74) is 0.905. The average Bonchev–Trinajstić information content (AvgIpc) is 2.46. The van der Waals surface area contributed by atoms with Gasteiger partial charge in [0.2, 0.25) is 0 Å². The summed E-state index contributed by atoms with van der Waals surface area (Å²) in [4.78, 5) is 12.5. The molecule has 4 heteroatoms. The number of benzene rings is 2. The minimum Gasteiger partial charge on any atom is -0.465 e. The lowest BCUT2D eigenvalue weighted by Crippen LogP contribution is -2.28. The Bertz CT molecular complexity index is 734. The van der Waals surface area contributed by atoms with E-state index >= 15 is 0 Å². The molecule has 0 bridgehead atoms. The Balaban J connectivity index is 2.07. The van der Waals surface area contributed by atoms with Gasteiger partial charge in [0.05, 0.1) is 17.4 Å².